The number of halogens is 1. The van der Waals surface area contributed by atoms with Gasteiger partial charge in [-0.2, -0.15) is 0 Å². The summed E-state index contributed by atoms with van der Waals surface area (Å²) in [7, 11) is -1.16. The molecule has 0 unspecified atom stereocenters. The first-order valence-electron chi connectivity index (χ1n) is 12.8. The van der Waals surface area contributed by atoms with Gasteiger partial charge in [-0.05, 0) is 107 Å². The van der Waals surface area contributed by atoms with Gasteiger partial charge in [0.2, 0.25) is 5.95 Å². The van der Waals surface area contributed by atoms with Gasteiger partial charge in [0.1, 0.15) is 0 Å². The second-order valence-corrected chi connectivity index (χ2v) is 14.3. The molecular formula is C29H37ClN4O2S. The van der Waals surface area contributed by atoms with Crippen LogP contribution in [0.5, 0.6) is 0 Å². The maximum Gasteiger partial charge on any atom is 0.227 e. The molecule has 0 spiro atoms. The Morgan fingerprint density at radius 2 is 1.76 bits per heavy atom. The van der Waals surface area contributed by atoms with Crippen molar-refractivity contribution < 1.29 is 8.42 Å². The van der Waals surface area contributed by atoms with Crippen LogP contribution in [0.25, 0.3) is 0 Å². The summed E-state index contributed by atoms with van der Waals surface area (Å²) in [6, 6.07) is 14.2. The number of piperidine rings is 1. The lowest BCUT2D eigenvalue weighted by atomic mass is 9.89. The molecule has 37 heavy (non-hydrogen) atoms. The van der Waals surface area contributed by atoms with Crippen LogP contribution in [0.4, 0.5) is 11.6 Å². The fourth-order valence-electron chi connectivity index (χ4n) is 4.49. The molecular weight excluding hydrogens is 504 g/mol. The summed E-state index contributed by atoms with van der Waals surface area (Å²) in [5.41, 5.74) is 5.76. The lowest BCUT2D eigenvalue weighted by molar-refractivity contribution is 0.255. The highest BCUT2D eigenvalue weighted by molar-refractivity contribution is 7.91. The summed E-state index contributed by atoms with van der Waals surface area (Å²) in [5.74, 6) is 1.07. The fraction of sp³-hybridized carbons (Fsp3) is 0.448. The third-order valence-corrected chi connectivity index (χ3v) is 10.1. The molecule has 1 aliphatic heterocycles. The quantitative estimate of drug-likeness (QED) is 0.379. The van der Waals surface area contributed by atoms with Gasteiger partial charge in [-0.15, -0.1) is 0 Å². The largest absolute Gasteiger partial charge is 0.324 e. The monoisotopic (exact) mass is 540 g/mol. The van der Waals surface area contributed by atoms with Crippen molar-refractivity contribution in [1.82, 2.24) is 14.9 Å². The Hall–Kier alpha value is -2.48. The van der Waals surface area contributed by atoms with E-state index in [0.29, 0.717) is 28.9 Å². The summed E-state index contributed by atoms with van der Waals surface area (Å²) >= 11 is 6.37. The second kappa shape index (κ2) is 11.1. The van der Waals surface area contributed by atoms with Crippen molar-refractivity contribution in [2.75, 3.05) is 25.5 Å². The number of benzene rings is 2. The minimum atomic E-state index is -3.35. The van der Waals surface area contributed by atoms with E-state index in [9.17, 15) is 8.42 Å². The Kier molecular flexibility index (Phi) is 8.26. The summed E-state index contributed by atoms with van der Waals surface area (Å²) < 4.78 is 24.7. The smallest absolute Gasteiger partial charge is 0.227 e. The first kappa shape index (κ1) is 27.6. The van der Waals surface area contributed by atoms with E-state index < -0.39 is 14.6 Å². The molecule has 198 valence electrons. The Bertz CT molecular complexity index is 1340. The van der Waals surface area contributed by atoms with Crippen LogP contribution in [0.1, 0.15) is 67.5 Å². The number of aromatic nitrogens is 2. The summed E-state index contributed by atoms with van der Waals surface area (Å²) in [4.78, 5) is 11.6. The van der Waals surface area contributed by atoms with E-state index in [1.54, 1.807) is 26.8 Å². The summed E-state index contributed by atoms with van der Waals surface area (Å²) in [6.45, 7) is 9.40. The number of sulfone groups is 1. The number of hydrogen-bond acceptors (Lipinski definition) is 6. The number of hydrogen-bond donors (Lipinski definition) is 1. The van der Waals surface area contributed by atoms with E-state index in [-0.39, 0.29) is 5.75 Å². The molecule has 8 heteroatoms. The maximum atomic E-state index is 12.8. The topological polar surface area (TPSA) is 75.2 Å². The Morgan fingerprint density at radius 3 is 2.41 bits per heavy atom. The van der Waals surface area contributed by atoms with Crippen LogP contribution in [0.15, 0.2) is 48.7 Å². The standard InChI is InChI=1S/C29H37ClN4O2S/c1-20-18-31-28(32-25-9-7-22(8-10-25)23-12-14-34(5)15-13-23)33-27(20)17-21-6-11-26(30)24(16-21)19-37(35,36)29(2,3)4/h6-11,16,18,23H,12-15,17,19H2,1-5H3,(H,31,32,33). The molecule has 1 N–H and O–H groups in total. The number of nitrogens with zero attached hydrogens (tertiary/aromatic N) is 3. The van der Waals surface area contributed by atoms with Crippen LogP contribution in [-0.4, -0.2) is 48.2 Å². The molecule has 0 aliphatic carbocycles. The van der Waals surface area contributed by atoms with Crippen LogP contribution >= 0.6 is 11.6 Å². The molecule has 1 saturated heterocycles. The van der Waals surface area contributed by atoms with E-state index in [4.69, 9.17) is 16.6 Å². The molecule has 0 saturated carbocycles. The van der Waals surface area contributed by atoms with Crippen molar-refractivity contribution >= 4 is 33.1 Å². The SMILES string of the molecule is Cc1cnc(Nc2ccc(C3CCN(C)CC3)cc2)nc1Cc1ccc(Cl)c(CS(=O)(=O)C(C)(C)C)c1. The molecule has 0 radical (unpaired) electrons. The van der Waals surface area contributed by atoms with Crippen LogP contribution < -0.4 is 5.32 Å². The maximum absolute atomic E-state index is 12.8. The van der Waals surface area contributed by atoms with Crippen molar-refractivity contribution in [1.29, 1.82) is 0 Å². The average Bonchev–Trinajstić information content (AvgIpc) is 2.83. The van der Waals surface area contributed by atoms with Gasteiger partial charge in [0, 0.05) is 23.3 Å². The summed E-state index contributed by atoms with van der Waals surface area (Å²) in [5, 5.41) is 3.79. The number of likely N-dealkylation sites (tertiary alicyclic amines) is 1. The predicted octanol–water partition coefficient (Wildman–Crippen LogP) is 6.30. The molecule has 0 amide bonds. The molecule has 1 aliphatic rings. The first-order valence-corrected chi connectivity index (χ1v) is 14.8. The van der Waals surface area contributed by atoms with Gasteiger partial charge in [0.05, 0.1) is 16.2 Å². The lowest BCUT2D eigenvalue weighted by Crippen LogP contribution is -2.29. The van der Waals surface area contributed by atoms with Gasteiger partial charge in [-0.25, -0.2) is 18.4 Å². The fourth-order valence-corrected chi connectivity index (χ4v) is 5.83. The molecule has 4 rings (SSSR count). The van der Waals surface area contributed by atoms with Crippen LogP contribution in [0.2, 0.25) is 5.02 Å². The van der Waals surface area contributed by atoms with E-state index in [1.807, 2.05) is 25.3 Å². The Balaban J connectivity index is 1.48. The van der Waals surface area contributed by atoms with Gasteiger partial charge >= 0.3 is 0 Å². The number of aryl methyl sites for hydroxylation is 1. The number of rotatable bonds is 7. The Morgan fingerprint density at radius 1 is 1.08 bits per heavy atom. The zero-order valence-corrected chi connectivity index (χ0v) is 24.0. The molecule has 0 bridgehead atoms. The normalized spacial score (nSPS) is 15.6. The van der Waals surface area contributed by atoms with Crippen molar-refractivity contribution in [3.63, 3.8) is 0 Å². The third kappa shape index (κ3) is 6.89. The first-order chi connectivity index (χ1) is 17.4. The number of nitrogens with one attached hydrogen (secondary N) is 1. The van der Waals surface area contributed by atoms with Crippen LogP contribution in [0.3, 0.4) is 0 Å². The van der Waals surface area contributed by atoms with Crippen molar-refractivity contribution in [3.8, 4) is 0 Å². The third-order valence-electron chi connectivity index (χ3n) is 7.19. The van der Waals surface area contributed by atoms with E-state index in [1.165, 1.54) is 18.4 Å². The minimum Gasteiger partial charge on any atom is -0.324 e. The van der Waals surface area contributed by atoms with Crippen molar-refractivity contribution in [2.45, 2.75) is 63.4 Å². The predicted molar refractivity (Wildman–Crippen MR) is 153 cm³/mol. The zero-order chi connectivity index (χ0) is 26.8. The summed E-state index contributed by atoms with van der Waals surface area (Å²) in [6.07, 6.45) is 4.76. The molecule has 6 nitrogen and oxygen atoms in total. The lowest BCUT2D eigenvalue weighted by Gasteiger charge is -2.29. The molecule has 0 atom stereocenters. The molecule has 2 heterocycles. The van der Waals surface area contributed by atoms with Gasteiger partial charge < -0.3 is 10.2 Å². The minimum absolute atomic E-state index is 0.0910. The molecule has 2 aromatic carbocycles. The van der Waals surface area contributed by atoms with E-state index in [2.05, 4.69) is 46.5 Å². The highest BCUT2D eigenvalue weighted by Gasteiger charge is 2.29. The van der Waals surface area contributed by atoms with Gasteiger partial charge in [-0.1, -0.05) is 35.9 Å². The van der Waals surface area contributed by atoms with Crippen LogP contribution in [-0.2, 0) is 22.0 Å². The average molecular weight is 541 g/mol. The van der Waals surface area contributed by atoms with Crippen LogP contribution in [0, 0.1) is 6.92 Å². The van der Waals surface area contributed by atoms with Crippen molar-refractivity contribution in [3.05, 3.63) is 81.6 Å². The zero-order valence-electron chi connectivity index (χ0n) is 22.4. The van der Waals surface area contributed by atoms with Crippen molar-refractivity contribution in [2.24, 2.45) is 0 Å². The molecule has 3 aromatic rings. The van der Waals surface area contributed by atoms with Gasteiger partial charge in [0.25, 0.3) is 0 Å². The van der Waals surface area contributed by atoms with Gasteiger partial charge in [-0.3, -0.25) is 0 Å². The van der Waals surface area contributed by atoms with E-state index in [0.717, 1.165) is 35.6 Å². The highest BCUT2D eigenvalue weighted by Crippen LogP contribution is 2.29. The molecule has 1 fully saturated rings. The van der Waals surface area contributed by atoms with E-state index >= 15 is 0 Å². The Labute approximate surface area is 226 Å². The molecule has 1 aromatic heterocycles. The second-order valence-electron chi connectivity index (χ2n) is 11.1. The highest BCUT2D eigenvalue weighted by atomic mass is 35.5. The van der Waals surface area contributed by atoms with Gasteiger partial charge in [0.15, 0.2) is 9.84 Å². The number of anilines is 2.